The van der Waals surface area contributed by atoms with Gasteiger partial charge < -0.3 is 16.0 Å². The monoisotopic (exact) mass is 275 g/mol. The van der Waals surface area contributed by atoms with E-state index >= 15 is 0 Å². The fourth-order valence-electron chi connectivity index (χ4n) is 2.36. The van der Waals surface area contributed by atoms with E-state index in [1.807, 2.05) is 24.0 Å². The number of carbonyl (C=O) groups excluding carboxylic acids is 2. The molecule has 0 unspecified atom stereocenters. The number of benzene rings is 1. The first-order chi connectivity index (χ1) is 9.56. The third-order valence-corrected chi connectivity index (χ3v) is 3.54. The lowest BCUT2D eigenvalue weighted by atomic mass is 10.1. The zero-order valence-corrected chi connectivity index (χ0v) is 11.8. The van der Waals surface area contributed by atoms with E-state index < -0.39 is 0 Å². The first-order valence-corrected chi connectivity index (χ1v) is 7.00. The van der Waals surface area contributed by atoms with Gasteiger partial charge in [-0.1, -0.05) is 6.07 Å². The van der Waals surface area contributed by atoms with Crippen LogP contribution in [0.1, 0.15) is 31.2 Å². The Bertz CT molecular complexity index is 514. The molecule has 0 radical (unpaired) electrons. The van der Waals surface area contributed by atoms with E-state index in [1.165, 1.54) is 0 Å². The molecular weight excluding hydrogens is 254 g/mol. The summed E-state index contributed by atoms with van der Waals surface area (Å²) < 4.78 is 0. The quantitative estimate of drug-likeness (QED) is 0.806. The lowest BCUT2D eigenvalue weighted by molar-refractivity contribution is -0.128. The number of carbonyl (C=O) groups is 2. The van der Waals surface area contributed by atoms with Gasteiger partial charge in [0.15, 0.2) is 0 Å². The van der Waals surface area contributed by atoms with Gasteiger partial charge in [0.25, 0.3) is 0 Å². The standard InChI is InChI=1S/C15H21N3O2/c1-11-6-7-12(16)10-13(11)17-14(19)4-2-8-18-9-3-5-15(18)20/h6-7,10H,2-5,8-9,16H2,1H3,(H,17,19). The highest BCUT2D eigenvalue weighted by molar-refractivity contribution is 5.92. The highest BCUT2D eigenvalue weighted by Gasteiger charge is 2.19. The average molecular weight is 275 g/mol. The Hall–Kier alpha value is -2.04. The first kappa shape index (κ1) is 14.4. The third kappa shape index (κ3) is 3.73. The molecule has 2 amide bonds. The number of nitrogens with two attached hydrogens (primary N) is 1. The molecule has 0 aliphatic carbocycles. The van der Waals surface area contributed by atoms with Crippen molar-refractivity contribution < 1.29 is 9.59 Å². The lowest BCUT2D eigenvalue weighted by Crippen LogP contribution is -2.26. The minimum Gasteiger partial charge on any atom is -0.399 e. The number of anilines is 2. The molecule has 5 nitrogen and oxygen atoms in total. The molecule has 5 heteroatoms. The van der Waals surface area contributed by atoms with E-state index in [9.17, 15) is 9.59 Å². The van der Waals surface area contributed by atoms with Crippen LogP contribution in [0.15, 0.2) is 18.2 Å². The Balaban J connectivity index is 1.77. The van der Waals surface area contributed by atoms with Crippen molar-refractivity contribution in [2.24, 2.45) is 0 Å². The van der Waals surface area contributed by atoms with Crippen LogP contribution < -0.4 is 11.1 Å². The van der Waals surface area contributed by atoms with Crippen LogP contribution in [0.4, 0.5) is 11.4 Å². The van der Waals surface area contributed by atoms with Crippen molar-refractivity contribution in [3.8, 4) is 0 Å². The summed E-state index contributed by atoms with van der Waals surface area (Å²) in [5, 5.41) is 2.87. The molecule has 108 valence electrons. The van der Waals surface area contributed by atoms with Gasteiger partial charge in [0.05, 0.1) is 0 Å². The number of nitrogens with one attached hydrogen (secondary N) is 1. The molecule has 3 N–H and O–H groups in total. The van der Waals surface area contributed by atoms with E-state index in [-0.39, 0.29) is 11.8 Å². The summed E-state index contributed by atoms with van der Waals surface area (Å²) in [6.45, 7) is 3.43. The molecule has 2 rings (SSSR count). The van der Waals surface area contributed by atoms with Crippen molar-refractivity contribution in [2.75, 3.05) is 24.1 Å². The molecule has 1 aromatic carbocycles. The Labute approximate surface area is 119 Å². The predicted octanol–water partition coefficient (Wildman–Crippen LogP) is 1.92. The molecule has 1 aliphatic rings. The zero-order valence-electron chi connectivity index (χ0n) is 11.8. The second-order valence-corrected chi connectivity index (χ2v) is 5.21. The van der Waals surface area contributed by atoms with Crippen molar-refractivity contribution in [3.63, 3.8) is 0 Å². The van der Waals surface area contributed by atoms with E-state index in [0.717, 1.165) is 24.2 Å². The number of aryl methyl sites for hydroxylation is 1. The molecule has 0 spiro atoms. The van der Waals surface area contributed by atoms with Crippen molar-refractivity contribution in [2.45, 2.75) is 32.6 Å². The summed E-state index contributed by atoms with van der Waals surface area (Å²) in [5.41, 5.74) is 8.08. The fraction of sp³-hybridized carbons (Fsp3) is 0.467. The molecule has 0 saturated carbocycles. The molecule has 1 saturated heterocycles. The van der Waals surface area contributed by atoms with Crippen molar-refractivity contribution in [1.29, 1.82) is 0 Å². The van der Waals surface area contributed by atoms with E-state index in [1.54, 1.807) is 6.07 Å². The second-order valence-electron chi connectivity index (χ2n) is 5.21. The molecule has 1 aromatic rings. The van der Waals surface area contributed by atoms with Crippen molar-refractivity contribution >= 4 is 23.2 Å². The van der Waals surface area contributed by atoms with Gasteiger partial charge in [0, 0.05) is 37.3 Å². The maximum absolute atomic E-state index is 11.9. The van der Waals surface area contributed by atoms with Crippen LogP contribution in [0.3, 0.4) is 0 Å². The predicted molar refractivity (Wildman–Crippen MR) is 79.3 cm³/mol. The van der Waals surface area contributed by atoms with Crippen LogP contribution in [0.25, 0.3) is 0 Å². The number of nitrogens with zero attached hydrogens (tertiary/aromatic N) is 1. The second kappa shape index (κ2) is 6.41. The average Bonchev–Trinajstić information content (AvgIpc) is 2.80. The minimum absolute atomic E-state index is 0.0367. The summed E-state index contributed by atoms with van der Waals surface area (Å²) in [6.07, 6.45) is 2.69. The molecule has 0 atom stereocenters. The van der Waals surface area contributed by atoms with Crippen molar-refractivity contribution in [1.82, 2.24) is 4.90 Å². The third-order valence-electron chi connectivity index (χ3n) is 3.54. The Kier molecular flexibility index (Phi) is 4.61. The number of nitrogen functional groups attached to an aromatic ring is 1. The minimum atomic E-state index is -0.0367. The van der Waals surface area contributed by atoms with Crippen molar-refractivity contribution in [3.05, 3.63) is 23.8 Å². The topological polar surface area (TPSA) is 75.4 Å². The molecule has 1 fully saturated rings. The van der Waals surface area contributed by atoms with Crippen LogP contribution in [0.5, 0.6) is 0 Å². The largest absolute Gasteiger partial charge is 0.399 e. The maximum atomic E-state index is 11.9. The van der Waals surface area contributed by atoms with Crippen LogP contribution >= 0.6 is 0 Å². The zero-order chi connectivity index (χ0) is 14.5. The Morgan fingerprint density at radius 1 is 1.45 bits per heavy atom. The van der Waals surface area contributed by atoms with Gasteiger partial charge in [0.2, 0.25) is 11.8 Å². The van der Waals surface area contributed by atoms with Gasteiger partial charge in [-0.3, -0.25) is 9.59 Å². The fourth-order valence-corrected chi connectivity index (χ4v) is 2.36. The molecule has 0 aromatic heterocycles. The summed E-state index contributed by atoms with van der Waals surface area (Å²) >= 11 is 0. The number of likely N-dealkylation sites (tertiary alicyclic amines) is 1. The van der Waals surface area contributed by atoms with Gasteiger partial charge in [0.1, 0.15) is 0 Å². The smallest absolute Gasteiger partial charge is 0.224 e. The number of amides is 2. The Morgan fingerprint density at radius 3 is 2.95 bits per heavy atom. The van der Waals surface area contributed by atoms with Gasteiger partial charge in [-0.15, -0.1) is 0 Å². The molecule has 20 heavy (non-hydrogen) atoms. The Morgan fingerprint density at radius 2 is 2.25 bits per heavy atom. The molecule has 1 heterocycles. The van der Waals surface area contributed by atoms with Crippen LogP contribution in [-0.2, 0) is 9.59 Å². The van der Waals surface area contributed by atoms with Gasteiger partial charge in [-0.2, -0.15) is 0 Å². The number of rotatable bonds is 5. The lowest BCUT2D eigenvalue weighted by Gasteiger charge is -2.15. The first-order valence-electron chi connectivity index (χ1n) is 7.00. The summed E-state index contributed by atoms with van der Waals surface area (Å²) in [5.74, 6) is 0.169. The maximum Gasteiger partial charge on any atom is 0.224 e. The summed E-state index contributed by atoms with van der Waals surface area (Å²) in [7, 11) is 0. The van der Waals surface area contributed by atoms with Gasteiger partial charge >= 0.3 is 0 Å². The number of hydrogen-bond donors (Lipinski definition) is 2. The SMILES string of the molecule is Cc1ccc(N)cc1NC(=O)CCCN1CCCC1=O. The molecule has 0 bridgehead atoms. The van der Waals surface area contributed by atoms with E-state index in [2.05, 4.69) is 5.32 Å². The highest BCUT2D eigenvalue weighted by Crippen LogP contribution is 2.18. The van der Waals surface area contributed by atoms with E-state index in [4.69, 9.17) is 5.73 Å². The summed E-state index contributed by atoms with van der Waals surface area (Å²) in [6, 6.07) is 5.45. The molecular formula is C15H21N3O2. The van der Waals surface area contributed by atoms with Gasteiger partial charge in [-0.25, -0.2) is 0 Å². The highest BCUT2D eigenvalue weighted by atomic mass is 16.2. The van der Waals surface area contributed by atoms with Crippen LogP contribution in [0.2, 0.25) is 0 Å². The number of hydrogen-bond acceptors (Lipinski definition) is 3. The molecule has 1 aliphatic heterocycles. The van der Waals surface area contributed by atoms with E-state index in [0.29, 0.717) is 31.5 Å². The van der Waals surface area contributed by atoms with Crippen LogP contribution in [0, 0.1) is 6.92 Å². The van der Waals surface area contributed by atoms with Crippen LogP contribution in [-0.4, -0.2) is 29.8 Å². The van der Waals surface area contributed by atoms with Gasteiger partial charge in [-0.05, 0) is 37.5 Å². The summed E-state index contributed by atoms with van der Waals surface area (Å²) in [4.78, 5) is 25.1. The normalized spacial score (nSPS) is 14.7.